The molecule has 0 aliphatic rings. The largest absolute Gasteiger partial charge is 0.399 e. The highest BCUT2D eigenvalue weighted by atomic mass is 16.2. The molecule has 3 N–H and O–H groups in total. The summed E-state index contributed by atoms with van der Waals surface area (Å²) in [5, 5.41) is 3.86. The van der Waals surface area contributed by atoms with Crippen LogP contribution in [-0.2, 0) is 4.79 Å². The summed E-state index contributed by atoms with van der Waals surface area (Å²) in [4.78, 5) is 11.2. The average Bonchev–Trinajstić information content (AvgIpc) is 2.29. The molecule has 1 aromatic rings. The van der Waals surface area contributed by atoms with Crippen molar-refractivity contribution in [3.8, 4) is 0 Å². The second kappa shape index (κ2) is 6.61. The van der Waals surface area contributed by atoms with E-state index >= 15 is 0 Å². The number of nitrogens with two attached hydrogens (primary N) is 1. The Balaban J connectivity index is 2.37. The van der Waals surface area contributed by atoms with Gasteiger partial charge in [0.05, 0.1) is 6.21 Å². The number of hydrogen-bond donors (Lipinski definition) is 2. The predicted molar refractivity (Wildman–Crippen MR) is 66.1 cm³/mol. The van der Waals surface area contributed by atoms with Gasteiger partial charge in [0, 0.05) is 12.1 Å². The number of amides is 1. The number of hydrogen-bond acceptors (Lipinski definition) is 3. The van der Waals surface area contributed by atoms with Crippen molar-refractivity contribution in [2.45, 2.75) is 26.2 Å². The summed E-state index contributed by atoms with van der Waals surface area (Å²) in [6.45, 7) is 2.05. The van der Waals surface area contributed by atoms with E-state index in [4.69, 9.17) is 5.73 Å². The van der Waals surface area contributed by atoms with Gasteiger partial charge in [-0.2, -0.15) is 5.10 Å². The molecule has 16 heavy (non-hydrogen) atoms. The summed E-state index contributed by atoms with van der Waals surface area (Å²) >= 11 is 0. The van der Waals surface area contributed by atoms with Gasteiger partial charge in [-0.15, -0.1) is 0 Å². The highest BCUT2D eigenvalue weighted by Crippen LogP contribution is 2.02. The molecule has 86 valence electrons. The van der Waals surface area contributed by atoms with Gasteiger partial charge >= 0.3 is 0 Å². The van der Waals surface area contributed by atoms with Gasteiger partial charge in [0.15, 0.2) is 0 Å². The molecule has 0 aromatic heterocycles. The van der Waals surface area contributed by atoms with Crippen molar-refractivity contribution < 1.29 is 4.79 Å². The Kier molecular flexibility index (Phi) is 5.05. The molecule has 0 fully saturated rings. The van der Waals surface area contributed by atoms with Crippen LogP contribution in [0.25, 0.3) is 0 Å². The standard InChI is InChI=1S/C12H17N3O/c1-2-3-4-12(16)15-14-9-10-5-7-11(13)8-6-10/h5-9H,2-4,13H2,1H3,(H,15,16). The Morgan fingerprint density at radius 3 is 2.75 bits per heavy atom. The number of carbonyl (C=O) groups excluding carboxylic acids is 1. The molecule has 0 heterocycles. The highest BCUT2D eigenvalue weighted by molar-refractivity contribution is 5.82. The first-order chi connectivity index (χ1) is 7.72. The Bertz CT molecular complexity index is 357. The molecular formula is C12H17N3O. The van der Waals surface area contributed by atoms with Crippen molar-refractivity contribution in [3.05, 3.63) is 29.8 Å². The minimum absolute atomic E-state index is 0.0476. The lowest BCUT2D eigenvalue weighted by atomic mass is 10.2. The molecule has 0 saturated heterocycles. The smallest absolute Gasteiger partial charge is 0.240 e. The van der Waals surface area contributed by atoms with Crippen molar-refractivity contribution in [1.29, 1.82) is 0 Å². The van der Waals surface area contributed by atoms with Gasteiger partial charge in [0.1, 0.15) is 0 Å². The number of carbonyl (C=O) groups is 1. The normalized spacial score (nSPS) is 10.6. The number of hydrazone groups is 1. The lowest BCUT2D eigenvalue weighted by Crippen LogP contribution is -2.16. The summed E-state index contributed by atoms with van der Waals surface area (Å²) in [5.41, 5.74) is 9.64. The highest BCUT2D eigenvalue weighted by Gasteiger charge is 1.96. The molecule has 1 amide bonds. The van der Waals surface area contributed by atoms with Crippen molar-refractivity contribution in [2.24, 2.45) is 5.10 Å². The molecule has 4 nitrogen and oxygen atoms in total. The van der Waals surface area contributed by atoms with Crippen LogP contribution < -0.4 is 11.2 Å². The van der Waals surface area contributed by atoms with Crippen molar-refractivity contribution in [3.63, 3.8) is 0 Å². The van der Waals surface area contributed by atoms with Crippen molar-refractivity contribution >= 4 is 17.8 Å². The maximum atomic E-state index is 11.2. The molecule has 1 rings (SSSR count). The first-order valence-corrected chi connectivity index (χ1v) is 5.40. The minimum Gasteiger partial charge on any atom is -0.399 e. The van der Waals surface area contributed by atoms with E-state index in [1.807, 2.05) is 19.1 Å². The molecule has 1 aromatic carbocycles. The molecule has 0 bridgehead atoms. The van der Waals surface area contributed by atoms with E-state index < -0.39 is 0 Å². The van der Waals surface area contributed by atoms with Gasteiger partial charge < -0.3 is 5.73 Å². The lowest BCUT2D eigenvalue weighted by Gasteiger charge is -1.98. The number of rotatable bonds is 5. The van der Waals surface area contributed by atoms with Crippen LogP contribution in [0.4, 0.5) is 5.69 Å². The van der Waals surface area contributed by atoms with E-state index in [1.54, 1.807) is 18.3 Å². The zero-order chi connectivity index (χ0) is 11.8. The number of nitrogens with zero attached hydrogens (tertiary/aromatic N) is 1. The van der Waals surface area contributed by atoms with E-state index in [9.17, 15) is 4.79 Å². The first kappa shape index (κ1) is 12.2. The maximum Gasteiger partial charge on any atom is 0.240 e. The van der Waals surface area contributed by atoms with Crippen LogP contribution in [0.2, 0.25) is 0 Å². The van der Waals surface area contributed by atoms with Gasteiger partial charge in [0.25, 0.3) is 0 Å². The number of anilines is 1. The third-order valence-electron chi connectivity index (χ3n) is 2.10. The Morgan fingerprint density at radius 2 is 2.12 bits per heavy atom. The predicted octanol–water partition coefficient (Wildman–Crippen LogP) is 1.91. The fourth-order valence-corrected chi connectivity index (χ4v) is 1.15. The second-order valence-corrected chi connectivity index (χ2v) is 3.56. The van der Waals surface area contributed by atoms with Gasteiger partial charge in [-0.1, -0.05) is 25.5 Å². The summed E-state index contributed by atoms with van der Waals surface area (Å²) in [6.07, 6.45) is 4.02. The van der Waals surface area contributed by atoms with Crippen molar-refractivity contribution in [2.75, 3.05) is 5.73 Å². The number of benzene rings is 1. The van der Waals surface area contributed by atoms with Gasteiger partial charge in [-0.3, -0.25) is 4.79 Å². The fourth-order valence-electron chi connectivity index (χ4n) is 1.15. The van der Waals surface area contributed by atoms with E-state index in [1.165, 1.54) is 0 Å². The SMILES string of the molecule is CCCCC(=O)NN=Cc1ccc(N)cc1. The van der Waals surface area contributed by atoms with Gasteiger partial charge in [-0.25, -0.2) is 5.43 Å². The topological polar surface area (TPSA) is 67.5 Å². The second-order valence-electron chi connectivity index (χ2n) is 3.56. The minimum atomic E-state index is -0.0476. The van der Waals surface area contributed by atoms with Crippen LogP contribution in [0.1, 0.15) is 31.7 Å². The third kappa shape index (κ3) is 4.59. The Labute approximate surface area is 95.5 Å². The van der Waals surface area contributed by atoms with Crippen LogP contribution in [0, 0.1) is 0 Å². The fraction of sp³-hybridized carbons (Fsp3) is 0.333. The monoisotopic (exact) mass is 219 g/mol. The number of unbranched alkanes of at least 4 members (excludes halogenated alkanes) is 1. The summed E-state index contributed by atoms with van der Waals surface area (Å²) in [5.74, 6) is -0.0476. The van der Waals surface area contributed by atoms with Gasteiger partial charge in [0.2, 0.25) is 5.91 Å². The van der Waals surface area contributed by atoms with Crippen LogP contribution in [-0.4, -0.2) is 12.1 Å². The lowest BCUT2D eigenvalue weighted by molar-refractivity contribution is -0.121. The van der Waals surface area contributed by atoms with E-state index in [-0.39, 0.29) is 5.91 Å². The van der Waals surface area contributed by atoms with E-state index in [2.05, 4.69) is 10.5 Å². The molecule has 0 aliphatic carbocycles. The molecule has 0 aliphatic heterocycles. The zero-order valence-electron chi connectivity index (χ0n) is 9.44. The van der Waals surface area contributed by atoms with Crippen LogP contribution in [0.5, 0.6) is 0 Å². The van der Waals surface area contributed by atoms with Crippen LogP contribution in [0.3, 0.4) is 0 Å². The van der Waals surface area contributed by atoms with Crippen LogP contribution >= 0.6 is 0 Å². The molecule has 0 radical (unpaired) electrons. The first-order valence-electron chi connectivity index (χ1n) is 5.40. The van der Waals surface area contributed by atoms with E-state index in [0.717, 1.165) is 18.4 Å². The molecule has 0 unspecified atom stereocenters. The Hall–Kier alpha value is -1.84. The summed E-state index contributed by atoms with van der Waals surface area (Å²) in [7, 11) is 0. The van der Waals surface area contributed by atoms with Gasteiger partial charge in [-0.05, 0) is 24.1 Å². The quantitative estimate of drug-likeness (QED) is 0.451. The average molecular weight is 219 g/mol. The number of nitrogen functional groups attached to an aromatic ring is 1. The van der Waals surface area contributed by atoms with Crippen LogP contribution in [0.15, 0.2) is 29.4 Å². The molecular weight excluding hydrogens is 202 g/mol. The molecule has 0 saturated carbocycles. The third-order valence-corrected chi connectivity index (χ3v) is 2.10. The number of nitrogens with one attached hydrogen (secondary N) is 1. The zero-order valence-corrected chi connectivity index (χ0v) is 9.44. The molecule has 0 spiro atoms. The summed E-state index contributed by atoms with van der Waals surface area (Å²) in [6, 6.07) is 7.27. The van der Waals surface area contributed by atoms with E-state index in [0.29, 0.717) is 12.1 Å². The molecule has 4 heteroatoms. The maximum absolute atomic E-state index is 11.2. The van der Waals surface area contributed by atoms with Crippen molar-refractivity contribution in [1.82, 2.24) is 5.43 Å². The Morgan fingerprint density at radius 1 is 1.44 bits per heavy atom. The summed E-state index contributed by atoms with van der Waals surface area (Å²) < 4.78 is 0. The molecule has 0 atom stereocenters.